The number of aliphatic hydroxyl groups excluding tert-OH is 4. The summed E-state index contributed by atoms with van der Waals surface area (Å²) in [4.78, 5) is 11.2. The van der Waals surface area contributed by atoms with E-state index in [1.54, 1.807) is 0 Å². The third kappa shape index (κ3) is 2.95. The maximum atomic E-state index is 11.2. The molecule has 130 valence electrons. The van der Waals surface area contributed by atoms with Crippen LogP contribution in [0.25, 0.3) is 11.0 Å². The van der Waals surface area contributed by atoms with Crippen LogP contribution in [0.2, 0.25) is 0 Å². The van der Waals surface area contributed by atoms with Crippen molar-refractivity contribution in [1.29, 1.82) is 0 Å². The summed E-state index contributed by atoms with van der Waals surface area (Å²) in [6.45, 7) is -0.598. The van der Waals surface area contributed by atoms with E-state index in [4.69, 9.17) is 19.0 Å². The highest BCUT2D eigenvalue weighted by Gasteiger charge is 2.44. The number of hydrogen-bond donors (Lipinski definition) is 5. The molecule has 1 aliphatic rings. The Morgan fingerprint density at radius 3 is 2.54 bits per heavy atom. The summed E-state index contributed by atoms with van der Waals surface area (Å²) < 4.78 is 15.5. The summed E-state index contributed by atoms with van der Waals surface area (Å²) >= 11 is 0. The molecular formula is C15H16O9. The van der Waals surface area contributed by atoms with Crippen LogP contribution in [0.1, 0.15) is 0 Å². The van der Waals surface area contributed by atoms with Crippen LogP contribution in [0.3, 0.4) is 0 Å². The normalized spacial score (nSPS) is 30.4. The minimum atomic E-state index is -1.60. The summed E-state index contributed by atoms with van der Waals surface area (Å²) in [7, 11) is 0. The van der Waals surface area contributed by atoms with Gasteiger partial charge in [0.1, 0.15) is 30.0 Å². The number of phenols is 1. The maximum Gasteiger partial charge on any atom is 0.336 e. The highest BCUT2D eigenvalue weighted by Crippen LogP contribution is 2.33. The molecule has 0 spiro atoms. The van der Waals surface area contributed by atoms with Crippen molar-refractivity contribution >= 4 is 11.0 Å². The van der Waals surface area contributed by atoms with Gasteiger partial charge >= 0.3 is 5.63 Å². The van der Waals surface area contributed by atoms with E-state index in [-0.39, 0.29) is 17.1 Å². The van der Waals surface area contributed by atoms with Gasteiger partial charge in [-0.15, -0.1) is 0 Å². The molecule has 1 aromatic carbocycles. The van der Waals surface area contributed by atoms with Crippen molar-refractivity contribution in [3.63, 3.8) is 0 Å². The number of ether oxygens (including phenoxy) is 2. The summed E-state index contributed by atoms with van der Waals surface area (Å²) in [6, 6.07) is 5.17. The van der Waals surface area contributed by atoms with E-state index in [2.05, 4.69) is 0 Å². The molecule has 0 unspecified atom stereocenters. The lowest BCUT2D eigenvalue weighted by Gasteiger charge is -2.39. The first-order valence-corrected chi connectivity index (χ1v) is 7.15. The standard InChI is InChI=1S/C15H16O9/c16-5-10-12(19)13(20)14(21)15(24-10)23-9-3-6-1-2-11(18)22-8(6)4-7(9)17/h1-4,10,12-17,19-21H,5H2/t10-,12+,13+,14+,15-/m0/s1. The zero-order valence-corrected chi connectivity index (χ0v) is 12.3. The molecule has 3 rings (SSSR count). The Bertz CT molecular complexity index is 784. The highest BCUT2D eigenvalue weighted by atomic mass is 16.7. The number of aromatic hydroxyl groups is 1. The molecule has 9 heteroatoms. The van der Waals surface area contributed by atoms with Crippen LogP contribution in [0.15, 0.2) is 33.5 Å². The first-order chi connectivity index (χ1) is 11.4. The third-order valence-electron chi connectivity index (χ3n) is 3.79. The van der Waals surface area contributed by atoms with Gasteiger partial charge in [-0.3, -0.25) is 0 Å². The lowest BCUT2D eigenvalue weighted by atomic mass is 9.99. The van der Waals surface area contributed by atoms with E-state index in [1.807, 2.05) is 0 Å². The molecule has 1 aromatic heterocycles. The molecule has 9 nitrogen and oxygen atoms in total. The van der Waals surface area contributed by atoms with E-state index >= 15 is 0 Å². The van der Waals surface area contributed by atoms with Crippen molar-refractivity contribution in [3.05, 3.63) is 34.7 Å². The Morgan fingerprint density at radius 2 is 1.83 bits per heavy atom. The summed E-state index contributed by atoms with van der Waals surface area (Å²) in [5, 5.41) is 49.0. The number of aliphatic hydroxyl groups is 4. The monoisotopic (exact) mass is 340 g/mol. The van der Waals surface area contributed by atoms with Crippen molar-refractivity contribution in [1.82, 2.24) is 0 Å². The molecule has 2 aromatic rings. The number of rotatable bonds is 3. The number of fused-ring (bicyclic) bond motifs is 1. The van der Waals surface area contributed by atoms with E-state index in [9.17, 15) is 25.2 Å². The Hall–Kier alpha value is -2.17. The van der Waals surface area contributed by atoms with Gasteiger partial charge in [0, 0.05) is 17.5 Å². The van der Waals surface area contributed by atoms with Gasteiger partial charge in [-0.25, -0.2) is 4.79 Å². The molecule has 1 saturated heterocycles. The Kier molecular flexibility index (Phi) is 4.43. The first-order valence-electron chi connectivity index (χ1n) is 7.15. The average molecular weight is 340 g/mol. The lowest BCUT2D eigenvalue weighted by Crippen LogP contribution is -2.60. The van der Waals surface area contributed by atoms with Gasteiger partial charge in [0.2, 0.25) is 6.29 Å². The predicted molar refractivity (Wildman–Crippen MR) is 78.5 cm³/mol. The molecule has 1 fully saturated rings. The second-order valence-corrected chi connectivity index (χ2v) is 5.43. The number of benzene rings is 1. The molecule has 0 amide bonds. The molecule has 0 radical (unpaired) electrons. The molecule has 5 N–H and O–H groups in total. The van der Waals surface area contributed by atoms with Crippen LogP contribution in [-0.4, -0.2) is 62.8 Å². The van der Waals surface area contributed by atoms with Crippen molar-refractivity contribution < 1.29 is 39.4 Å². The van der Waals surface area contributed by atoms with Gasteiger partial charge in [0.15, 0.2) is 11.5 Å². The molecule has 0 bridgehead atoms. The van der Waals surface area contributed by atoms with Crippen LogP contribution < -0.4 is 10.4 Å². The third-order valence-corrected chi connectivity index (χ3v) is 3.79. The Labute approximate surface area is 134 Å². The van der Waals surface area contributed by atoms with Gasteiger partial charge in [-0.2, -0.15) is 0 Å². The van der Waals surface area contributed by atoms with Crippen LogP contribution in [0.5, 0.6) is 11.5 Å². The maximum absolute atomic E-state index is 11.2. The number of hydrogen-bond acceptors (Lipinski definition) is 9. The van der Waals surface area contributed by atoms with Crippen LogP contribution >= 0.6 is 0 Å². The van der Waals surface area contributed by atoms with Crippen molar-refractivity contribution in [2.75, 3.05) is 6.61 Å². The Morgan fingerprint density at radius 1 is 1.08 bits per heavy atom. The van der Waals surface area contributed by atoms with E-state index < -0.39 is 42.9 Å². The summed E-state index contributed by atoms with van der Waals surface area (Å²) in [6.07, 6.45) is -7.27. The van der Waals surface area contributed by atoms with Gasteiger partial charge in [-0.05, 0) is 12.1 Å². The van der Waals surface area contributed by atoms with E-state index in [0.29, 0.717) is 5.39 Å². The predicted octanol–water partition coefficient (Wildman–Crippen LogP) is -1.32. The van der Waals surface area contributed by atoms with Gasteiger partial charge in [0.25, 0.3) is 0 Å². The highest BCUT2D eigenvalue weighted by molar-refractivity contribution is 5.80. The van der Waals surface area contributed by atoms with Gasteiger partial charge in [0.05, 0.1) is 6.61 Å². The van der Waals surface area contributed by atoms with Crippen molar-refractivity contribution in [3.8, 4) is 11.5 Å². The molecule has 0 saturated carbocycles. The van der Waals surface area contributed by atoms with Crippen LogP contribution in [0.4, 0.5) is 0 Å². The molecular weight excluding hydrogens is 324 g/mol. The zero-order chi connectivity index (χ0) is 17.4. The molecule has 1 aliphatic heterocycles. The van der Waals surface area contributed by atoms with Crippen molar-refractivity contribution in [2.45, 2.75) is 30.7 Å². The second kappa shape index (κ2) is 6.38. The molecule has 24 heavy (non-hydrogen) atoms. The fourth-order valence-electron chi connectivity index (χ4n) is 2.47. The molecule has 5 atom stereocenters. The topological polar surface area (TPSA) is 150 Å². The van der Waals surface area contributed by atoms with Crippen LogP contribution in [0, 0.1) is 0 Å². The zero-order valence-electron chi connectivity index (χ0n) is 12.3. The fourth-order valence-corrected chi connectivity index (χ4v) is 2.47. The van der Waals surface area contributed by atoms with E-state index in [1.165, 1.54) is 18.2 Å². The fraction of sp³-hybridized carbons (Fsp3) is 0.400. The Balaban J connectivity index is 1.89. The van der Waals surface area contributed by atoms with Crippen LogP contribution in [-0.2, 0) is 4.74 Å². The van der Waals surface area contributed by atoms with Crippen molar-refractivity contribution in [2.24, 2.45) is 0 Å². The quantitative estimate of drug-likeness (QED) is 0.429. The van der Waals surface area contributed by atoms with Gasteiger partial charge < -0.3 is 39.4 Å². The number of phenolic OH excluding ortho intramolecular Hbond substituents is 1. The minimum absolute atomic E-state index is 0.0966. The van der Waals surface area contributed by atoms with Gasteiger partial charge in [-0.1, -0.05) is 0 Å². The second-order valence-electron chi connectivity index (χ2n) is 5.43. The smallest absolute Gasteiger partial charge is 0.336 e. The first kappa shape index (κ1) is 16.7. The largest absolute Gasteiger partial charge is 0.504 e. The molecule has 2 heterocycles. The molecule has 0 aliphatic carbocycles. The SMILES string of the molecule is O=c1ccc2cc(O[C@H]3O[C@@H](CO)[C@@H](O)[C@@H](O)[C@H]3O)c(O)cc2o1. The minimum Gasteiger partial charge on any atom is -0.504 e. The lowest BCUT2D eigenvalue weighted by molar-refractivity contribution is -0.277. The average Bonchev–Trinajstić information content (AvgIpc) is 2.56. The summed E-state index contributed by atoms with van der Waals surface area (Å²) in [5.41, 5.74) is -0.439. The summed E-state index contributed by atoms with van der Waals surface area (Å²) in [5.74, 6) is -0.477. The van der Waals surface area contributed by atoms with E-state index in [0.717, 1.165) is 6.07 Å².